The molecule has 0 bridgehead atoms. The first kappa shape index (κ1) is 10.7. The van der Waals surface area contributed by atoms with Crippen molar-refractivity contribution < 1.29 is 10.1 Å². The van der Waals surface area contributed by atoms with Crippen molar-refractivity contribution >= 4 is 5.69 Å². The first-order valence-electron chi connectivity index (χ1n) is 5.83. The molecule has 0 unspecified atom stereocenters. The normalized spacial score (nSPS) is 26.5. The van der Waals surface area contributed by atoms with Gasteiger partial charge in [-0.25, -0.2) is 0 Å². The van der Waals surface area contributed by atoms with E-state index >= 15 is 0 Å². The summed E-state index contributed by atoms with van der Waals surface area (Å²) in [5.74, 6) is 0. The fourth-order valence-corrected chi connectivity index (χ4v) is 2.42. The molecule has 1 aliphatic rings. The van der Waals surface area contributed by atoms with Crippen molar-refractivity contribution in [3.05, 3.63) is 30.3 Å². The molecule has 1 aromatic carbocycles. The van der Waals surface area contributed by atoms with E-state index in [1.165, 1.54) is 31.4 Å². The fraction of sp³-hybridized carbons (Fsp3) is 0.538. The van der Waals surface area contributed by atoms with E-state index in [2.05, 4.69) is 35.6 Å². The molecule has 0 aliphatic heterocycles. The molecule has 2 N–H and O–H groups in total. The van der Waals surface area contributed by atoms with Gasteiger partial charge < -0.3 is 10.1 Å². The molecule has 1 aliphatic carbocycles. The Kier molecular flexibility index (Phi) is 3.75. The monoisotopic (exact) mass is 206 g/mol. The summed E-state index contributed by atoms with van der Waals surface area (Å²) in [4.78, 5) is 0. The maximum absolute atomic E-state index is 5.54. The number of rotatable bonds is 3. The largest absolute Gasteiger partial charge is 0.375 e. The zero-order valence-electron chi connectivity index (χ0n) is 9.36. The molecule has 0 spiro atoms. The summed E-state index contributed by atoms with van der Waals surface area (Å²) in [7, 11) is 1.84. The van der Waals surface area contributed by atoms with Gasteiger partial charge in [0.1, 0.15) is 17.8 Å². The smallest absolute Gasteiger partial charge is 0.129 e. The lowest BCUT2D eigenvalue weighted by molar-refractivity contribution is -0.623. The van der Waals surface area contributed by atoms with Gasteiger partial charge in [0.2, 0.25) is 0 Å². The van der Waals surface area contributed by atoms with Crippen LogP contribution in [0.5, 0.6) is 0 Å². The van der Waals surface area contributed by atoms with Crippen LogP contribution in [-0.4, -0.2) is 19.3 Å². The van der Waals surface area contributed by atoms with E-state index in [-0.39, 0.29) is 0 Å². The summed E-state index contributed by atoms with van der Waals surface area (Å²) < 4.78 is 5.54. The maximum Gasteiger partial charge on any atom is 0.129 e. The highest BCUT2D eigenvalue weighted by molar-refractivity contribution is 5.27. The minimum absolute atomic E-state index is 0.430. The van der Waals surface area contributed by atoms with Crippen LogP contribution in [0.2, 0.25) is 0 Å². The Morgan fingerprint density at radius 2 is 1.87 bits per heavy atom. The quantitative estimate of drug-likeness (QED) is 0.750. The molecule has 1 fully saturated rings. The SMILES string of the molecule is CO[C@H]1CCCC[C@H]1[NH2+]c1ccccc1. The van der Waals surface area contributed by atoms with E-state index in [1.54, 1.807) is 0 Å². The molecular weight excluding hydrogens is 186 g/mol. The molecule has 82 valence electrons. The second-order valence-electron chi connectivity index (χ2n) is 4.30. The van der Waals surface area contributed by atoms with E-state index in [9.17, 15) is 0 Å². The lowest BCUT2D eigenvalue weighted by Gasteiger charge is -2.28. The molecule has 0 aromatic heterocycles. The van der Waals surface area contributed by atoms with Gasteiger partial charge in [0, 0.05) is 13.5 Å². The Hall–Kier alpha value is -0.860. The zero-order chi connectivity index (χ0) is 10.5. The first-order chi connectivity index (χ1) is 7.40. The van der Waals surface area contributed by atoms with Crippen molar-refractivity contribution in [1.29, 1.82) is 0 Å². The van der Waals surface area contributed by atoms with Gasteiger partial charge in [-0.1, -0.05) is 24.6 Å². The Morgan fingerprint density at radius 3 is 2.60 bits per heavy atom. The first-order valence-corrected chi connectivity index (χ1v) is 5.83. The highest BCUT2D eigenvalue weighted by Crippen LogP contribution is 2.19. The van der Waals surface area contributed by atoms with Gasteiger partial charge in [-0.05, 0) is 25.0 Å². The number of quaternary nitrogens is 1. The number of para-hydroxylation sites is 1. The summed E-state index contributed by atoms with van der Waals surface area (Å²) in [6.07, 6.45) is 5.57. The molecule has 2 nitrogen and oxygen atoms in total. The third kappa shape index (κ3) is 2.80. The van der Waals surface area contributed by atoms with Gasteiger partial charge in [-0.3, -0.25) is 0 Å². The van der Waals surface area contributed by atoms with E-state index in [4.69, 9.17) is 4.74 Å². The second kappa shape index (κ2) is 5.29. The molecule has 0 amide bonds. The van der Waals surface area contributed by atoms with Crippen LogP contribution in [0, 0.1) is 0 Å². The minimum atomic E-state index is 0.430. The van der Waals surface area contributed by atoms with Gasteiger partial charge in [0.15, 0.2) is 0 Å². The van der Waals surface area contributed by atoms with Crippen LogP contribution >= 0.6 is 0 Å². The molecule has 0 saturated heterocycles. The van der Waals surface area contributed by atoms with Gasteiger partial charge in [0.25, 0.3) is 0 Å². The standard InChI is InChI=1S/C13H19NO/c1-15-13-10-6-5-9-12(13)14-11-7-3-2-4-8-11/h2-4,7-8,12-14H,5-6,9-10H2,1H3/p+1/t12-,13+/m1/s1. The Balaban J connectivity index is 1.97. The number of nitrogens with two attached hydrogens (primary N) is 1. The van der Waals surface area contributed by atoms with Crippen LogP contribution < -0.4 is 5.32 Å². The summed E-state index contributed by atoms with van der Waals surface area (Å²) in [5, 5.41) is 2.37. The van der Waals surface area contributed by atoms with Crippen molar-refractivity contribution in [2.24, 2.45) is 0 Å². The third-order valence-electron chi connectivity index (χ3n) is 3.26. The predicted octanol–water partition coefficient (Wildman–Crippen LogP) is 1.84. The maximum atomic E-state index is 5.54. The number of hydrogen-bond acceptors (Lipinski definition) is 1. The van der Waals surface area contributed by atoms with Gasteiger partial charge in [-0.2, -0.15) is 0 Å². The van der Waals surface area contributed by atoms with Gasteiger partial charge in [-0.15, -0.1) is 0 Å². The highest BCUT2D eigenvalue weighted by Gasteiger charge is 2.27. The highest BCUT2D eigenvalue weighted by atomic mass is 16.5. The van der Waals surface area contributed by atoms with Crippen LogP contribution in [0.4, 0.5) is 5.69 Å². The molecule has 15 heavy (non-hydrogen) atoms. The van der Waals surface area contributed by atoms with E-state index in [0.717, 1.165) is 0 Å². The van der Waals surface area contributed by atoms with Crippen molar-refractivity contribution in [3.8, 4) is 0 Å². The molecule has 1 saturated carbocycles. The van der Waals surface area contributed by atoms with Crippen LogP contribution in [0.3, 0.4) is 0 Å². The van der Waals surface area contributed by atoms with E-state index in [0.29, 0.717) is 12.1 Å². The van der Waals surface area contributed by atoms with Crippen molar-refractivity contribution in [1.82, 2.24) is 0 Å². The molecule has 2 heteroatoms. The molecule has 0 heterocycles. The average molecular weight is 206 g/mol. The fourth-order valence-electron chi connectivity index (χ4n) is 2.42. The lowest BCUT2D eigenvalue weighted by Crippen LogP contribution is -2.87. The summed E-state index contributed by atoms with van der Waals surface area (Å²) in [6, 6.07) is 11.2. The van der Waals surface area contributed by atoms with E-state index < -0.39 is 0 Å². The minimum Gasteiger partial charge on any atom is -0.375 e. The lowest BCUT2D eigenvalue weighted by atomic mass is 9.92. The number of methoxy groups -OCH3 is 1. The van der Waals surface area contributed by atoms with E-state index in [1.807, 2.05) is 7.11 Å². The summed E-state index contributed by atoms with van der Waals surface area (Å²) in [6.45, 7) is 0. The number of hydrogen-bond donors (Lipinski definition) is 1. The van der Waals surface area contributed by atoms with Crippen LogP contribution in [0.25, 0.3) is 0 Å². The Morgan fingerprint density at radius 1 is 1.13 bits per heavy atom. The molecule has 2 atom stereocenters. The van der Waals surface area contributed by atoms with Crippen molar-refractivity contribution in [2.75, 3.05) is 7.11 Å². The van der Waals surface area contributed by atoms with Gasteiger partial charge in [0.05, 0.1) is 0 Å². The van der Waals surface area contributed by atoms with Crippen molar-refractivity contribution in [2.45, 2.75) is 37.8 Å². The number of ether oxygens (including phenoxy) is 1. The Labute approximate surface area is 91.6 Å². The molecular formula is C13H20NO+. The van der Waals surface area contributed by atoms with Crippen LogP contribution in [-0.2, 0) is 4.74 Å². The van der Waals surface area contributed by atoms with Gasteiger partial charge >= 0.3 is 0 Å². The summed E-state index contributed by atoms with van der Waals surface area (Å²) in [5.41, 5.74) is 1.33. The predicted molar refractivity (Wildman–Crippen MR) is 61.1 cm³/mol. The average Bonchev–Trinajstić information content (AvgIpc) is 2.31. The van der Waals surface area contributed by atoms with Crippen LogP contribution in [0.15, 0.2) is 30.3 Å². The molecule has 0 radical (unpaired) electrons. The topological polar surface area (TPSA) is 25.8 Å². The van der Waals surface area contributed by atoms with Crippen LogP contribution in [0.1, 0.15) is 25.7 Å². The molecule has 2 rings (SSSR count). The zero-order valence-corrected chi connectivity index (χ0v) is 9.36. The van der Waals surface area contributed by atoms with Crippen molar-refractivity contribution in [3.63, 3.8) is 0 Å². The molecule has 1 aromatic rings. The Bertz CT molecular complexity index is 286. The third-order valence-corrected chi connectivity index (χ3v) is 3.26. The number of benzene rings is 1. The summed E-state index contributed by atoms with van der Waals surface area (Å²) >= 11 is 0. The second-order valence-corrected chi connectivity index (χ2v) is 4.30.